The molecule has 1 aliphatic rings. The van der Waals surface area contributed by atoms with Crippen molar-refractivity contribution < 1.29 is 0 Å². The molecule has 0 bridgehead atoms. The van der Waals surface area contributed by atoms with Crippen LogP contribution in [0.25, 0.3) is 84.8 Å². The van der Waals surface area contributed by atoms with Crippen LogP contribution >= 0.6 is 0 Å². The fourth-order valence-electron chi connectivity index (χ4n) is 7.58. The van der Waals surface area contributed by atoms with Gasteiger partial charge in [-0.25, -0.2) is 29.9 Å². The highest BCUT2D eigenvalue weighted by atomic mass is 15.0. The molecule has 1 atom stereocenters. The monoisotopic (exact) mass is 770 g/mol. The zero-order valence-corrected chi connectivity index (χ0v) is 32.7. The summed E-state index contributed by atoms with van der Waals surface area (Å²) in [5, 5.41) is 0. The van der Waals surface area contributed by atoms with Crippen LogP contribution in [0.1, 0.15) is 23.7 Å². The first-order valence-electron chi connectivity index (χ1n) is 20.1. The zero-order chi connectivity index (χ0) is 40.1. The number of benzene rings is 7. The maximum atomic E-state index is 5.14. The Bertz CT molecular complexity index is 2930. The average Bonchev–Trinajstić information content (AvgIpc) is 3.35. The van der Waals surface area contributed by atoms with Crippen LogP contribution in [0.5, 0.6) is 0 Å². The molecule has 7 aromatic carbocycles. The lowest BCUT2D eigenvalue weighted by molar-refractivity contribution is 0.854. The summed E-state index contributed by atoms with van der Waals surface area (Å²) in [7, 11) is 0. The fraction of sp³-hybridized carbons (Fsp3) is 0.0370. The summed E-state index contributed by atoms with van der Waals surface area (Å²) >= 11 is 0. The first kappa shape index (κ1) is 36.4. The molecule has 0 N–H and O–H groups in total. The lowest BCUT2D eigenvalue weighted by atomic mass is 9.88. The third-order valence-electron chi connectivity index (χ3n) is 10.7. The highest BCUT2D eigenvalue weighted by Crippen LogP contribution is 2.34. The largest absolute Gasteiger partial charge is 0.208 e. The standard InChI is InChI=1S/C54H38N6/c1-5-16-37(17-6-1)38-30-32-39(33-31-38)43-24-13-27-46(34-43)53-58-51(42-22-11-4-12-23-42)59-54(60-53)48-29-15-26-45(36-48)44-25-14-28-47(35-44)52-56-49(40-18-7-2-8-19-40)55-50(57-52)41-20-9-3-10-21-41/h1-23,25-36,43H,24H2. The molecule has 1 unspecified atom stereocenters. The van der Waals surface area contributed by atoms with Crippen LogP contribution in [0.3, 0.4) is 0 Å². The SMILES string of the molecule is C1=CC(c2nc(-c3ccccc3)nc(-c3cccc(-c4cccc(-c5nc(-c6ccccc6)nc(-c6ccccc6)n5)c4)c3)n2)=CC(c2ccc(-c3ccccc3)cc2)C1. The second-order valence-corrected chi connectivity index (χ2v) is 14.7. The minimum atomic E-state index is 0.197. The van der Waals surface area contributed by atoms with Crippen molar-refractivity contribution in [3.8, 4) is 79.2 Å². The Morgan fingerprint density at radius 1 is 0.300 bits per heavy atom. The van der Waals surface area contributed by atoms with Gasteiger partial charge >= 0.3 is 0 Å². The minimum absolute atomic E-state index is 0.197. The third kappa shape index (κ3) is 7.82. The van der Waals surface area contributed by atoms with E-state index in [-0.39, 0.29) is 5.92 Å². The van der Waals surface area contributed by atoms with Crippen LogP contribution in [0.2, 0.25) is 0 Å². The van der Waals surface area contributed by atoms with Crippen molar-refractivity contribution in [1.29, 1.82) is 0 Å². The topological polar surface area (TPSA) is 77.3 Å². The molecule has 0 fully saturated rings. The van der Waals surface area contributed by atoms with Gasteiger partial charge in [0, 0.05) is 39.3 Å². The van der Waals surface area contributed by atoms with Crippen LogP contribution in [0.4, 0.5) is 0 Å². The smallest absolute Gasteiger partial charge is 0.164 e. The summed E-state index contributed by atoms with van der Waals surface area (Å²) < 4.78 is 0. The highest BCUT2D eigenvalue weighted by molar-refractivity contribution is 5.78. The van der Waals surface area contributed by atoms with E-state index >= 15 is 0 Å². The van der Waals surface area contributed by atoms with E-state index in [4.69, 9.17) is 29.9 Å². The number of aromatic nitrogens is 6. The van der Waals surface area contributed by atoms with Crippen LogP contribution in [-0.2, 0) is 0 Å². The number of hydrogen-bond acceptors (Lipinski definition) is 6. The molecule has 2 aromatic heterocycles. The van der Waals surface area contributed by atoms with Crippen LogP contribution in [0.15, 0.2) is 212 Å². The Labute approximate surface area is 349 Å². The second-order valence-electron chi connectivity index (χ2n) is 14.7. The summed E-state index contributed by atoms with van der Waals surface area (Å²) in [5.74, 6) is 3.94. The number of nitrogens with zero attached hydrogens (tertiary/aromatic N) is 6. The van der Waals surface area contributed by atoms with Gasteiger partial charge in [0.2, 0.25) is 0 Å². The Kier molecular flexibility index (Phi) is 10.00. The number of hydrogen-bond donors (Lipinski definition) is 0. The van der Waals surface area contributed by atoms with Gasteiger partial charge in [-0.15, -0.1) is 0 Å². The van der Waals surface area contributed by atoms with Crippen molar-refractivity contribution in [2.45, 2.75) is 12.3 Å². The van der Waals surface area contributed by atoms with Crippen LogP contribution in [-0.4, -0.2) is 29.9 Å². The minimum Gasteiger partial charge on any atom is -0.208 e. The van der Waals surface area contributed by atoms with E-state index in [2.05, 4.69) is 103 Å². The van der Waals surface area contributed by atoms with Crippen molar-refractivity contribution in [3.05, 3.63) is 224 Å². The number of rotatable bonds is 9. The normalized spacial score (nSPS) is 13.5. The Hall–Kier alpha value is -7.96. The summed E-state index contributed by atoms with van der Waals surface area (Å²) in [6, 6.07) is 66.3. The van der Waals surface area contributed by atoms with E-state index in [1.165, 1.54) is 16.7 Å². The average molecular weight is 771 g/mol. The van der Waals surface area contributed by atoms with E-state index < -0.39 is 0 Å². The molecule has 6 nitrogen and oxygen atoms in total. The molecule has 0 saturated heterocycles. The van der Waals surface area contributed by atoms with Gasteiger partial charge in [-0.1, -0.05) is 200 Å². The van der Waals surface area contributed by atoms with Gasteiger partial charge < -0.3 is 0 Å². The molecule has 0 saturated carbocycles. The summed E-state index contributed by atoms with van der Waals surface area (Å²) in [6.45, 7) is 0. The molecule has 2 heterocycles. The molecular formula is C54H38N6. The molecule has 0 amide bonds. The Morgan fingerprint density at radius 2 is 0.650 bits per heavy atom. The van der Waals surface area contributed by atoms with Gasteiger partial charge in [0.05, 0.1) is 0 Å². The summed E-state index contributed by atoms with van der Waals surface area (Å²) in [5.41, 5.74) is 11.3. The summed E-state index contributed by atoms with van der Waals surface area (Å²) in [6.07, 6.45) is 7.56. The van der Waals surface area contributed by atoms with E-state index in [0.717, 1.165) is 50.9 Å². The zero-order valence-electron chi connectivity index (χ0n) is 32.7. The van der Waals surface area contributed by atoms with E-state index in [1.807, 2.05) is 109 Å². The number of allylic oxidation sites excluding steroid dienone is 4. The van der Waals surface area contributed by atoms with E-state index in [0.29, 0.717) is 34.9 Å². The van der Waals surface area contributed by atoms with Crippen LogP contribution < -0.4 is 0 Å². The maximum absolute atomic E-state index is 5.14. The molecular weight excluding hydrogens is 733 g/mol. The van der Waals surface area contributed by atoms with Crippen molar-refractivity contribution in [2.75, 3.05) is 0 Å². The quantitative estimate of drug-likeness (QED) is 0.145. The molecule has 9 aromatic rings. The molecule has 0 aliphatic heterocycles. The molecule has 284 valence electrons. The van der Waals surface area contributed by atoms with Crippen molar-refractivity contribution >= 4 is 5.57 Å². The maximum Gasteiger partial charge on any atom is 0.164 e. The predicted octanol–water partition coefficient (Wildman–Crippen LogP) is 12.9. The Balaban J connectivity index is 1.01. The molecule has 10 rings (SSSR count). The van der Waals surface area contributed by atoms with Gasteiger partial charge in [0.1, 0.15) is 0 Å². The highest BCUT2D eigenvalue weighted by Gasteiger charge is 2.19. The van der Waals surface area contributed by atoms with E-state index in [1.54, 1.807) is 0 Å². The molecule has 1 aliphatic carbocycles. The molecule has 0 radical (unpaired) electrons. The van der Waals surface area contributed by atoms with Gasteiger partial charge in [0.15, 0.2) is 34.9 Å². The molecule has 0 spiro atoms. The first-order chi connectivity index (χ1) is 29.7. The lowest BCUT2D eigenvalue weighted by Gasteiger charge is -2.18. The second kappa shape index (κ2) is 16.5. The van der Waals surface area contributed by atoms with Crippen molar-refractivity contribution in [2.24, 2.45) is 0 Å². The van der Waals surface area contributed by atoms with Gasteiger partial charge in [-0.2, -0.15) is 0 Å². The van der Waals surface area contributed by atoms with E-state index in [9.17, 15) is 0 Å². The van der Waals surface area contributed by atoms with Crippen molar-refractivity contribution in [1.82, 2.24) is 29.9 Å². The van der Waals surface area contributed by atoms with Crippen LogP contribution in [0, 0.1) is 0 Å². The molecule has 6 heteroatoms. The van der Waals surface area contributed by atoms with Gasteiger partial charge in [-0.05, 0) is 46.4 Å². The van der Waals surface area contributed by atoms with Crippen molar-refractivity contribution in [3.63, 3.8) is 0 Å². The lowest BCUT2D eigenvalue weighted by Crippen LogP contribution is -2.05. The molecule has 60 heavy (non-hydrogen) atoms. The van der Waals surface area contributed by atoms with Gasteiger partial charge in [0.25, 0.3) is 0 Å². The predicted molar refractivity (Wildman–Crippen MR) is 242 cm³/mol. The first-order valence-corrected chi connectivity index (χ1v) is 20.1. The van der Waals surface area contributed by atoms with Gasteiger partial charge in [-0.3, -0.25) is 0 Å². The Morgan fingerprint density at radius 3 is 1.10 bits per heavy atom. The summed E-state index contributed by atoms with van der Waals surface area (Å²) in [4.78, 5) is 30.1. The third-order valence-corrected chi connectivity index (χ3v) is 10.7. The fourth-order valence-corrected chi connectivity index (χ4v) is 7.58.